The van der Waals surface area contributed by atoms with Gasteiger partial charge >= 0.3 is 0 Å². The van der Waals surface area contributed by atoms with E-state index < -0.39 is 0 Å². The minimum Gasteiger partial charge on any atom is -0.395 e. The predicted octanol–water partition coefficient (Wildman–Crippen LogP) is 2.30. The summed E-state index contributed by atoms with van der Waals surface area (Å²) in [4.78, 5) is 6.45. The number of rotatable bonds is 2. The fraction of sp³-hybridized carbons (Fsp3) is 0.538. The van der Waals surface area contributed by atoms with Gasteiger partial charge in [0, 0.05) is 19.3 Å². The first kappa shape index (κ1) is 11.7. The van der Waals surface area contributed by atoms with E-state index in [1.165, 1.54) is 32.1 Å². The number of anilines is 2. The van der Waals surface area contributed by atoms with E-state index in [0.717, 1.165) is 5.82 Å². The van der Waals surface area contributed by atoms with Crippen LogP contribution in [-0.2, 0) is 0 Å². The van der Waals surface area contributed by atoms with Crippen LogP contribution in [0.2, 0.25) is 0 Å². The van der Waals surface area contributed by atoms with Gasteiger partial charge in [0.1, 0.15) is 6.07 Å². The summed E-state index contributed by atoms with van der Waals surface area (Å²) in [6.07, 6.45) is 7.90. The molecule has 0 aromatic carbocycles. The van der Waals surface area contributed by atoms with Crippen LogP contribution >= 0.6 is 0 Å². The first-order chi connectivity index (χ1) is 8.24. The molecule has 0 spiro atoms. The minimum atomic E-state index is 0.503. The Bertz CT molecular complexity index is 430. The molecule has 1 aliphatic rings. The van der Waals surface area contributed by atoms with Crippen LogP contribution in [0.5, 0.6) is 0 Å². The van der Waals surface area contributed by atoms with Crippen LogP contribution in [0.4, 0.5) is 11.5 Å². The number of nitrogens with zero attached hydrogens (tertiary/aromatic N) is 3. The highest BCUT2D eigenvalue weighted by Gasteiger charge is 2.21. The van der Waals surface area contributed by atoms with Gasteiger partial charge in [0.2, 0.25) is 0 Å². The molecule has 1 fully saturated rings. The standard InChI is InChI=1S/C13H18N4/c1-17(11-5-3-2-4-6-11)13-12(15)10(9-14)7-8-16-13/h7-8,11H,2-6,15H2,1H3. The van der Waals surface area contributed by atoms with Crippen molar-refractivity contribution in [2.24, 2.45) is 0 Å². The lowest BCUT2D eigenvalue weighted by atomic mass is 9.94. The van der Waals surface area contributed by atoms with Gasteiger partial charge in [-0.2, -0.15) is 5.26 Å². The SMILES string of the molecule is CN(c1nccc(C#N)c1N)C1CCCCC1. The number of nitriles is 1. The Labute approximate surface area is 102 Å². The van der Waals surface area contributed by atoms with Crippen molar-refractivity contribution in [3.8, 4) is 6.07 Å². The lowest BCUT2D eigenvalue weighted by Crippen LogP contribution is -2.34. The summed E-state index contributed by atoms with van der Waals surface area (Å²) >= 11 is 0. The first-order valence-corrected chi connectivity index (χ1v) is 6.11. The molecule has 1 aromatic rings. The quantitative estimate of drug-likeness (QED) is 0.846. The van der Waals surface area contributed by atoms with E-state index in [0.29, 0.717) is 17.3 Å². The lowest BCUT2D eigenvalue weighted by Gasteiger charge is -2.32. The molecule has 90 valence electrons. The Balaban J connectivity index is 2.24. The summed E-state index contributed by atoms with van der Waals surface area (Å²) in [5.41, 5.74) is 6.99. The smallest absolute Gasteiger partial charge is 0.153 e. The molecule has 0 amide bonds. The molecule has 4 nitrogen and oxygen atoms in total. The van der Waals surface area contributed by atoms with Crippen LogP contribution < -0.4 is 10.6 Å². The summed E-state index contributed by atoms with van der Waals surface area (Å²) in [5, 5.41) is 8.96. The number of aromatic nitrogens is 1. The second-order valence-corrected chi connectivity index (χ2v) is 4.61. The van der Waals surface area contributed by atoms with Crippen LogP contribution in [-0.4, -0.2) is 18.1 Å². The van der Waals surface area contributed by atoms with Gasteiger partial charge < -0.3 is 10.6 Å². The van der Waals surface area contributed by atoms with Crippen molar-refractivity contribution in [2.45, 2.75) is 38.1 Å². The summed E-state index contributed by atoms with van der Waals surface area (Å²) in [5.74, 6) is 0.746. The molecule has 0 bridgehead atoms. The van der Waals surface area contributed by atoms with Crippen molar-refractivity contribution >= 4 is 11.5 Å². The molecular formula is C13H18N4. The van der Waals surface area contributed by atoms with Crippen molar-refractivity contribution in [3.63, 3.8) is 0 Å². The molecule has 2 rings (SSSR count). The molecule has 1 aromatic heterocycles. The Hall–Kier alpha value is -1.76. The number of hydrogen-bond donors (Lipinski definition) is 1. The second-order valence-electron chi connectivity index (χ2n) is 4.61. The van der Waals surface area contributed by atoms with Crippen molar-refractivity contribution < 1.29 is 0 Å². The Morgan fingerprint density at radius 1 is 1.41 bits per heavy atom. The Morgan fingerprint density at radius 3 is 2.76 bits per heavy atom. The highest BCUT2D eigenvalue weighted by Crippen LogP contribution is 2.29. The molecule has 1 aliphatic carbocycles. The zero-order valence-electron chi connectivity index (χ0n) is 10.2. The molecule has 0 saturated heterocycles. The first-order valence-electron chi connectivity index (χ1n) is 6.11. The van der Waals surface area contributed by atoms with Gasteiger partial charge in [-0.25, -0.2) is 4.98 Å². The van der Waals surface area contributed by atoms with Crippen LogP contribution in [0, 0.1) is 11.3 Å². The fourth-order valence-electron chi connectivity index (χ4n) is 2.48. The van der Waals surface area contributed by atoms with Crippen LogP contribution in [0.3, 0.4) is 0 Å². The number of nitrogen functional groups attached to an aromatic ring is 1. The molecule has 2 N–H and O–H groups in total. The van der Waals surface area contributed by atoms with Crippen LogP contribution in [0.1, 0.15) is 37.7 Å². The average molecular weight is 230 g/mol. The Kier molecular flexibility index (Phi) is 3.48. The Morgan fingerprint density at radius 2 is 2.12 bits per heavy atom. The minimum absolute atomic E-state index is 0.503. The van der Waals surface area contributed by atoms with Gasteiger partial charge in [0.25, 0.3) is 0 Å². The van der Waals surface area contributed by atoms with E-state index in [9.17, 15) is 0 Å². The van der Waals surface area contributed by atoms with Gasteiger partial charge in [0.15, 0.2) is 5.82 Å². The van der Waals surface area contributed by atoms with Gasteiger partial charge in [-0.15, -0.1) is 0 Å². The van der Waals surface area contributed by atoms with E-state index >= 15 is 0 Å². The zero-order chi connectivity index (χ0) is 12.3. The third-order valence-corrected chi connectivity index (χ3v) is 3.55. The monoisotopic (exact) mass is 230 g/mol. The lowest BCUT2D eigenvalue weighted by molar-refractivity contribution is 0.426. The fourth-order valence-corrected chi connectivity index (χ4v) is 2.48. The predicted molar refractivity (Wildman–Crippen MR) is 68.6 cm³/mol. The normalized spacial score (nSPS) is 16.5. The largest absolute Gasteiger partial charge is 0.395 e. The van der Waals surface area contributed by atoms with Crippen LogP contribution in [0.15, 0.2) is 12.3 Å². The molecule has 0 atom stereocenters. The topological polar surface area (TPSA) is 65.9 Å². The van der Waals surface area contributed by atoms with Crippen molar-refractivity contribution in [1.29, 1.82) is 5.26 Å². The molecule has 0 aliphatic heterocycles. The van der Waals surface area contributed by atoms with E-state index in [1.54, 1.807) is 12.3 Å². The van der Waals surface area contributed by atoms with Crippen LogP contribution in [0.25, 0.3) is 0 Å². The number of nitrogens with two attached hydrogens (primary N) is 1. The van der Waals surface area contributed by atoms with E-state index in [1.807, 2.05) is 7.05 Å². The van der Waals surface area contributed by atoms with Gasteiger partial charge in [0.05, 0.1) is 11.3 Å². The van der Waals surface area contributed by atoms with Gasteiger partial charge in [-0.1, -0.05) is 19.3 Å². The molecule has 1 heterocycles. The van der Waals surface area contributed by atoms with Crippen molar-refractivity contribution in [2.75, 3.05) is 17.7 Å². The van der Waals surface area contributed by atoms with Crippen molar-refractivity contribution in [1.82, 2.24) is 4.98 Å². The zero-order valence-corrected chi connectivity index (χ0v) is 10.2. The molecule has 0 radical (unpaired) electrons. The molecular weight excluding hydrogens is 212 g/mol. The average Bonchev–Trinajstić information content (AvgIpc) is 2.39. The van der Waals surface area contributed by atoms with E-state index in [-0.39, 0.29) is 0 Å². The second kappa shape index (κ2) is 5.05. The van der Waals surface area contributed by atoms with Gasteiger partial charge in [-0.05, 0) is 18.9 Å². The van der Waals surface area contributed by atoms with Gasteiger partial charge in [-0.3, -0.25) is 0 Å². The summed E-state index contributed by atoms with van der Waals surface area (Å²) in [7, 11) is 2.02. The highest BCUT2D eigenvalue weighted by atomic mass is 15.2. The third-order valence-electron chi connectivity index (χ3n) is 3.55. The van der Waals surface area contributed by atoms with E-state index in [4.69, 9.17) is 11.0 Å². The molecule has 1 saturated carbocycles. The van der Waals surface area contributed by atoms with E-state index in [2.05, 4.69) is 16.0 Å². The number of hydrogen-bond acceptors (Lipinski definition) is 4. The van der Waals surface area contributed by atoms with Crippen molar-refractivity contribution in [3.05, 3.63) is 17.8 Å². The summed E-state index contributed by atoms with van der Waals surface area (Å²) in [6.45, 7) is 0. The maximum atomic E-state index is 8.96. The highest BCUT2D eigenvalue weighted by molar-refractivity contribution is 5.70. The number of pyridine rings is 1. The molecule has 0 unspecified atom stereocenters. The molecule has 4 heteroatoms. The maximum Gasteiger partial charge on any atom is 0.153 e. The third kappa shape index (κ3) is 2.33. The molecule has 17 heavy (non-hydrogen) atoms. The summed E-state index contributed by atoms with van der Waals surface area (Å²) in [6, 6.07) is 4.27. The summed E-state index contributed by atoms with van der Waals surface area (Å²) < 4.78 is 0. The maximum absolute atomic E-state index is 8.96.